The first kappa shape index (κ1) is 29.3. The summed E-state index contributed by atoms with van der Waals surface area (Å²) in [6, 6.07) is 0. The number of esters is 2. The van der Waals surface area contributed by atoms with E-state index in [0.717, 1.165) is 51.4 Å². The first-order chi connectivity index (χ1) is 17.4. The van der Waals surface area contributed by atoms with E-state index in [4.69, 9.17) is 28.4 Å². The van der Waals surface area contributed by atoms with Crippen LogP contribution in [0.4, 0.5) is 0 Å². The van der Waals surface area contributed by atoms with Crippen molar-refractivity contribution in [2.24, 2.45) is 11.8 Å². The normalized spacial score (nSPS) is 32.2. The van der Waals surface area contributed by atoms with E-state index in [9.17, 15) is 9.59 Å². The second-order valence-electron chi connectivity index (χ2n) is 10.9. The fourth-order valence-corrected chi connectivity index (χ4v) is 5.62. The second kappa shape index (κ2) is 14.1. The Labute approximate surface area is 217 Å². The lowest BCUT2D eigenvalue weighted by Crippen LogP contribution is -2.76. The summed E-state index contributed by atoms with van der Waals surface area (Å²) in [5.41, 5.74) is 0. The minimum Gasteiger partial charge on any atom is -0.456 e. The van der Waals surface area contributed by atoms with Crippen LogP contribution in [0.2, 0.25) is 0 Å². The predicted octanol–water partition coefficient (Wildman–Crippen LogP) is 5.30. The molecule has 3 heterocycles. The molecule has 8 nitrogen and oxygen atoms in total. The lowest BCUT2D eigenvalue weighted by molar-refractivity contribution is -0.487. The first-order valence-electron chi connectivity index (χ1n) is 14.3. The molecular formula is C28H48O8. The SMILES string of the molecule is CCCC[C@@H](C)CC(=O)O[C@H]1CCCO[C@@]12OCCO[C@@]21OCCC[C@@H]1OC(=O)C[C@H](C)CCCC. The highest BCUT2D eigenvalue weighted by Crippen LogP contribution is 2.49. The Bertz CT molecular complexity index is 629. The molecule has 8 heteroatoms. The van der Waals surface area contributed by atoms with Crippen LogP contribution in [-0.4, -0.2) is 62.1 Å². The van der Waals surface area contributed by atoms with Crippen molar-refractivity contribution in [3.05, 3.63) is 0 Å². The Morgan fingerprint density at radius 2 is 1.11 bits per heavy atom. The van der Waals surface area contributed by atoms with Crippen LogP contribution in [0.3, 0.4) is 0 Å². The van der Waals surface area contributed by atoms with Gasteiger partial charge in [0.25, 0.3) is 11.6 Å². The van der Waals surface area contributed by atoms with Crippen molar-refractivity contribution in [1.82, 2.24) is 0 Å². The van der Waals surface area contributed by atoms with E-state index >= 15 is 0 Å². The third-order valence-electron chi connectivity index (χ3n) is 7.58. The Morgan fingerprint density at radius 1 is 0.722 bits per heavy atom. The predicted molar refractivity (Wildman–Crippen MR) is 134 cm³/mol. The maximum Gasteiger partial charge on any atom is 0.306 e. The van der Waals surface area contributed by atoms with Gasteiger partial charge in [-0.1, -0.05) is 66.2 Å². The van der Waals surface area contributed by atoms with E-state index in [2.05, 4.69) is 27.7 Å². The summed E-state index contributed by atoms with van der Waals surface area (Å²) < 4.78 is 37.2. The van der Waals surface area contributed by atoms with E-state index < -0.39 is 23.8 Å². The summed E-state index contributed by atoms with van der Waals surface area (Å²) in [5, 5.41) is 0. The van der Waals surface area contributed by atoms with Crippen LogP contribution in [0, 0.1) is 11.8 Å². The van der Waals surface area contributed by atoms with Gasteiger partial charge in [-0.2, -0.15) is 0 Å². The third-order valence-corrected chi connectivity index (χ3v) is 7.58. The molecule has 36 heavy (non-hydrogen) atoms. The number of rotatable bonds is 12. The van der Waals surface area contributed by atoms with Gasteiger partial charge in [-0.3, -0.25) is 9.59 Å². The summed E-state index contributed by atoms with van der Waals surface area (Å²) in [4.78, 5) is 25.9. The number of carbonyl (C=O) groups is 2. The maximum absolute atomic E-state index is 12.9. The monoisotopic (exact) mass is 512 g/mol. The minimum atomic E-state index is -1.47. The summed E-state index contributed by atoms with van der Waals surface area (Å²) in [7, 11) is 0. The average molecular weight is 513 g/mol. The molecule has 0 unspecified atom stereocenters. The molecule has 0 aromatic rings. The molecule has 6 atom stereocenters. The van der Waals surface area contributed by atoms with Crippen molar-refractivity contribution in [1.29, 1.82) is 0 Å². The van der Waals surface area contributed by atoms with Crippen molar-refractivity contribution in [2.45, 2.75) is 129 Å². The lowest BCUT2D eigenvalue weighted by atomic mass is 9.85. The van der Waals surface area contributed by atoms with Gasteiger partial charge >= 0.3 is 11.9 Å². The molecule has 3 saturated heterocycles. The Morgan fingerprint density at radius 3 is 1.50 bits per heavy atom. The van der Waals surface area contributed by atoms with Gasteiger partial charge in [0.15, 0.2) is 12.2 Å². The van der Waals surface area contributed by atoms with Crippen molar-refractivity contribution < 1.29 is 38.0 Å². The van der Waals surface area contributed by atoms with E-state index in [0.29, 0.717) is 38.9 Å². The van der Waals surface area contributed by atoms with Crippen LogP contribution in [0.5, 0.6) is 0 Å². The molecule has 3 aliphatic heterocycles. The molecule has 2 spiro atoms. The van der Waals surface area contributed by atoms with Crippen molar-refractivity contribution in [3.63, 3.8) is 0 Å². The number of unbranched alkanes of at least 4 members (excludes halogenated alkanes) is 2. The molecule has 0 N–H and O–H groups in total. The highest BCUT2D eigenvalue weighted by molar-refractivity contribution is 5.70. The highest BCUT2D eigenvalue weighted by atomic mass is 16.8. The van der Waals surface area contributed by atoms with Gasteiger partial charge in [0.2, 0.25) is 0 Å². The zero-order valence-corrected chi connectivity index (χ0v) is 22.9. The van der Waals surface area contributed by atoms with Gasteiger partial charge in [0.05, 0.1) is 26.4 Å². The average Bonchev–Trinajstić information content (AvgIpc) is 2.85. The fraction of sp³-hybridized carbons (Fsp3) is 0.929. The zero-order chi connectivity index (χ0) is 26.0. The molecule has 0 aromatic heterocycles. The molecule has 0 aliphatic carbocycles. The van der Waals surface area contributed by atoms with Crippen LogP contribution >= 0.6 is 0 Å². The van der Waals surface area contributed by atoms with E-state index in [1.54, 1.807) is 0 Å². The number of hydrogen-bond acceptors (Lipinski definition) is 8. The van der Waals surface area contributed by atoms with Crippen LogP contribution in [0.25, 0.3) is 0 Å². The number of ether oxygens (including phenoxy) is 6. The molecular weight excluding hydrogens is 464 g/mol. The fourth-order valence-electron chi connectivity index (χ4n) is 5.62. The Hall–Kier alpha value is -1.22. The summed E-state index contributed by atoms with van der Waals surface area (Å²) >= 11 is 0. The van der Waals surface area contributed by atoms with Gasteiger partial charge < -0.3 is 28.4 Å². The second-order valence-corrected chi connectivity index (χ2v) is 10.9. The summed E-state index contributed by atoms with van der Waals surface area (Å²) in [6.07, 6.45) is 8.20. The molecule has 3 aliphatic rings. The largest absolute Gasteiger partial charge is 0.456 e. The summed E-state index contributed by atoms with van der Waals surface area (Å²) in [5.74, 6) is -3.00. The van der Waals surface area contributed by atoms with Gasteiger partial charge in [-0.25, -0.2) is 0 Å². The van der Waals surface area contributed by atoms with Gasteiger partial charge in [-0.05, 0) is 37.5 Å². The number of hydrogen-bond donors (Lipinski definition) is 0. The Kier molecular flexibility index (Phi) is 11.5. The van der Waals surface area contributed by atoms with Crippen molar-refractivity contribution >= 4 is 11.9 Å². The molecule has 0 saturated carbocycles. The van der Waals surface area contributed by atoms with E-state index in [1.165, 1.54) is 0 Å². The first-order valence-corrected chi connectivity index (χ1v) is 14.3. The van der Waals surface area contributed by atoms with Crippen LogP contribution in [0.1, 0.15) is 105 Å². The minimum absolute atomic E-state index is 0.240. The maximum atomic E-state index is 12.9. The van der Waals surface area contributed by atoms with Crippen LogP contribution in [-0.2, 0) is 38.0 Å². The third kappa shape index (κ3) is 7.00. The number of carbonyl (C=O) groups excluding carboxylic acids is 2. The molecule has 3 rings (SSSR count). The van der Waals surface area contributed by atoms with Crippen LogP contribution < -0.4 is 0 Å². The molecule has 0 radical (unpaired) electrons. The van der Waals surface area contributed by atoms with Gasteiger partial charge in [-0.15, -0.1) is 0 Å². The van der Waals surface area contributed by atoms with Gasteiger partial charge in [0, 0.05) is 12.8 Å². The number of fused-ring (bicyclic) bond motifs is 1. The van der Waals surface area contributed by atoms with Crippen molar-refractivity contribution in [2.75, 3.05) is 26.4 Å². The van der Waals surface area contributed by atoms with E-state index in [-0.39, 0.29) is 37.0 Å². The molecule has 3 fully saturated rings. The Balaban J connectivity index is 1.78. The lowest BCUT2D eigenvalue weighted by Gasteiger charge is -2.57. The molecule has 0 aromatic carbocycles. The van der Waals surface area contributed by atoms with E-state index in [1.807, 2.05) is 0 Å². The van der Waals surface area contributed by atoms with Crippen LogP contribution in [0.15, 0.2) is 0 Å². The highest BCUT2D eigenvalue weighted by Gasteiger charge is 2.70. The van der Waals surface area contributed by atoms with Crippen molar-refractivity contribution in [3.8, 4) is 0 Å². The molecule has 0 amide bonds. The zero-order valence-electron chi connectivity index (χ0n) is 22.9. The quantitative estimate of drug-likeness (QED) is 0.325. The molecule has 0 bridgehead atoms. The standard InChI is InChI=1S/C28H48O8/c1-5-7-11-21(3)19-25(29)35-23-13-9-15-31-27(23)28(34-18-17-33-27)24(14-10-16-32-28)36-26(30)20-22(4)12-8-6-2/h21-24H,5-20H2,1-4H3/t21-,22-,23+,24+,27-,28-/m1/s1. The smallest absolute Gasteiger partial charge is 0.306 e. The summed E-state index contributed by atoms with van der Waals surface area (Å²) in [6.45, 7) is 9.84. The molecule has 208 valence electrons. The van der Waals surface area contributed by atoms with Gasteiger partial charge in [0.1, 0.15) is 0 Å². The topological polar surface area (TPSA) is 89.5 Å².